The highest BCUT2D eigenvalue weighted by Gasteiger charge is 2.24. The predicted molar refractivity (Wildman–Crippen MR) is 71.5 cm³/mol. The number of nitrogens with two attached hydrogens (primary N) is 1. The maximum absolute atomic E-state index is 9.90. The summed E-state index contributed by atoms with van der Waals surface area (Å²) in [5.41, 5.74) is 6.61. The molecule has 4 heteroatoms. The molecule has 0 aromatic heterocycles. The molecule has 1 saturated heterocycles. The second-order valence-corrected chi connectivity index (χ2v) is 5.16. The van der Waals surface area contributed by atoms with Gasteiger partial charge in [-0.2, -0.15) is 0 Å². The molecular weight excluding hydrogens is 228 g/mol. The molecule has 0 aliphatic carbocycles. The van der Waals surface area contributed by atoms with Crippen LogP contribution in [0, 0.1) is 5.92 Å². The van der Waals surface area contributed by atoms with E-state index in [1.54, 1.807) is 12.1 Å². The minimum atomic E-state index is 0.0990. The van der Waals surface area contributed by atoms with Gasteiger partial charge in [0.25, 0.3) is 0 Å². The van der Waals surface area contributed by atoms with E-state index in [9.17, 15) is 10.2 Å². The monoisotopic (exact) mass is 250 g/mol. The normalized spacial score (nSPS) is 22.9. The van der Waals surface area contributed by atoms with Crippen LogP contribution in [-0.4, -0.2) is 34.7 Å². The molecule has 4 nitrogen and oxygen atoms in total. The van der Waals surface area contributed by atoms with E-state index in [4.69, 9.17) is 5.73 Å². The molecular formula is C14H22N2O2. The van der Waals surface area contributed by atoms with Gasteiger partial charge in [0, 0.05) is 24.2 Å². The molecule has 1 aliphatic rings. The van der Waals surface area contributed by atoms with Crippen molar-refractivity contribution >= 4 is 0 Å². The number of phenolic OH excluding ortho intramolecular Hbond substituents is 2. The van der Waals surface area contributed by atoms with Gasteiger partial charge in [-0.25, -0.2) is 0 Å². The molecule has 18 heavy (non-hydrogen) atoms. The van der Waals surface area contributed by atoms with Gasteiger partial charge < -0.3 is 15.9 Å². The first-order valence-electron chi connectivity index (χ1n) is 6.57. The van der Waals surface area contributed by atoms with Crippen molar-refractivity contribution in [1.82, 2.24) is 4.90 Å². The third-order valence-corrected chi connectivity index (χ3v) is 3.90. The van der Waals surface area contributed by atoms with Crippen molar-refractivity contribution in [1.29, 1.82) is 0 Å². The van der Waals surface area contributed by atoms with Crippen molar-refractivity contribution in [2.45, 2.75) is 25.8 Å². The molecule has 2 rings (SSSR count). The maximum Gasteiger partial charge on any atom is 0.124 e. The van der Waals surface area contributed by atoms with Crippen LogP contribution in [0.5, 0.6) is 11.5 Å². The van der Waals surface area contributed by atoms with Crippen LogP contribution in [0.4, 0.5) is 0 Å². The molecule has 0 radical (unpaired) electrons. The van der Waals surface area contributed by atoms with Crippen LogP contribution in [0.3, 0.4) is 0 Å². The van der Waals surface area contributed by atoms with Gasteiger partial charge in [0.2, 0.25) is 0 Å². The molecule has 0 spiro atoms. The quantitative estimate of drug-likeness (QED) is 0.765. The lowest BCUT2D eigenvalue weighted by atomic mass is 9.95. The van der Waals surface area contributed by atoms with Gasteiger partial charge in [0.15, 0.2) is 0 Å². The Morgan fingerprint density at radius 3 is 2.89 bits per heavy atom. The minimum absolute atomic E-state index is 0.0990. The highest BCUT2D eigenvalue weighted by Crippen LogP contribution is 2.33. The molecule has 1 heterocycles. The van der Waals surface area contributed by atoms with Crippen molar-refractivity contribution in [2.75, 3.05) is 19.6 Å². The summed E-state index contributed by atoms with van der Waals surface area (Å²) in [6, 6.07) is 4.97. The van der Waals surface area contributed by atoms with Crippen LogP contribution in [-0.2, 0) is 0 Å². The van der Waals surface area contributed by atoms with Crippen molar-refractivity contribution in [3.8, 4) is 11.5 Å². The molecule has 2 atom stereocenters. The zero-order valence-electron chi connectivity index (χ0n) is 10.8. The van der Waals surface area contributed by atoms with Gasteiger partial charge >= 0.3 is 0 Å². The second kappa shape index (κ2) is 5.59. The van der Waals surface area contributed by atoms with E-state index in [2.05, 4.69) is 11.8 Å². The second-order valence-electron chi connectivity index (χ2n) is 5.16. The standard InChI is InChI=1S/C14H22N2O2/c1-10(13-5-4-12(17)7-14(13)18)16-6-2-3-11(8-15)9-16/h4-5,7,10-11,17-18H,2-3,6,8-9,15H2,1H3. The van der Waals surface area contributed by atoms with Gasteiger partial charge in [-0.3, -0.25) is 4.90 Å². The Hall–Kier alpha value is -1.26. The third kappa shape index (κ3) is 2.76. The van der Waals surface area contributed by atoms with Crippen LogP contribution in [0.1, 0.15) is 31.4 Å². The highest BCUT2D eigenvalue weighted by molar-refractivity contribution is 5.40. The SMILES string of the molecule is CC(c1ccc(O)cc1O)N1CCCC(CN)C1. The van der Waals surface area contributed by atoms with Crippen molar-refractivity contribution in [2.24, 2.45) is 11.7 Å². The number of aromatic hydroxyl groups is 2. The Kier molecular flexibility index (Phi) is 4.09. The molecule has 1 fully saturated rings. The molecule has 4 N–H and O–H groups in total. The van der Waals surface area contributed by atoms with E-state index in [0.717, 1.165) is 31.6 Å². The van der Waals surface area contributed by atoms with E-state index in [-0.39, 0.29) is 17.5 Å². The van der Waals surface area contributed by atoms with E-state index >= 15 is 0 Å². The van der Waals surface area contributed by atoms with Gasteiger partial charge in [0.05, 0.1) is 0 Å². The van der Waals surface area contributed by atoms with Gasteiger partial charge in [0.1, 0.15) is 11.5 Å². The van der Waals surface area contributed by atoms with Gasteiger partial charge in [-0.15, -0.1) is 0 Å². The molecule has 0 saturated carbocycles. The zero-order valence-corrected chi connectivity index (χ0v) is 10.8. The van der Waals surface area contributed by atoms with E-state index < -0.39 is 0 Å². The third-order valence-electron chi connectivity index (χ3n) is 3.90. The average Bonchev–Trinajstić information content (AvgIpc) is 2.38. The fourth-order valence-electron chi connectivity index (χ4n) is 2.72. The maximum atomic E-state index is 9.90. The summed E-state index contributed by atoms with van der Waals surface area (Å²) < 4.78 is 0. The number of hydrogen-bond donors (Lipinski definition) is 3. The smallest absolute Gasteiger partial charge is 0.124 e. The average molecular weight is 250 g/mol. The first-order valence-corrected chi connectivity index (χ1v) is 6.57. The number of piperidine rings is 1. The van der Waals surface area contributed by atoms with Crippen LogP contribution in [0.25, 0.3) is 0 Å². The summed E-state index contributed by atoms with van der Waals surface area (Å²) in [6.45, 7) is 4.84. The fourth-order valence-corrected chi connectivity index (χ4v) is 2.72. The Balaban J connectivity index is 2.12. The summed E-state index contributed by atoms with van der Waals surface area (Å²) >= 11 is 0. The van der Waals surface area contributed by atoms with Gasteiger partial charge in [-0.05, 0) is 44.8 Å². The lowest BCUT2D eigenvalue weighted by Crippen LogP contribution is -2.39. The minimum Gasteiger partial charge on any atom is -0.508 e. The molecule has 1 aromatic carbocycles. The van der Waals surface area contributed by atoms with Crippen LogP contribution < -0.4 is 5.73 Å². The van der Waals surface area contributed by atoms with Crippen molar-refractivity contribution < 1.29 is 10.2 Å². The van der Waals surface area contributed by atoms with Crippen LogP contribution in [0.2, 0.25) is 0 Å². The number of hydrogen-bond acceptors (Lipinski definition) is 4. The number of nitrogens with zero attached hydrogens (tertiary/aromatic N) is 1. The first-order chi connectivity index (χ1) is 8.61. The summed E-state index contributed by atoms with van der Waals surface area (Å²) in [4.78, 5) is 2.35. The molecule has 0 amide bonds. The van der Waals surface area contributed by atoms with Crippen LogP contribution in [0.15, 0.2) is 18.2 Å². The zero-order chi connectivity index (χ0) is 13.1. The Morgan fingerprint density at radius 1 is 1.44 bits per heavy atom. The van der Waals surface area contributed by atoms with Gasteiger partial charge in [-0.1, -0.05) is 6.07 Å². The largest absolute Gasteiger partial charge is 0.508 e. The molecule has 2 unspecified atom stereocenters. The van der Waals surface area contributed by atoms with E-state index in [1.165, 1.54) is 12.5 Å². The lowest BCUT2D eigenvalue weighted by Gasteiger charge is -2.36. The van der Waals surface area contributed by atoms with Crippen molar-refractivity contribution in [3.63, 3.8) is 0 Å². The number of likely N-dealkylation sites (tertiary alicyclic amines) is 1. The Bertz CT molecular complexity index is 409. The first kappa shape index (κ1) is 13.2. The Morgan fingerprint density at radius 2 is 2.22 bits per heavy atom. The molecule has 0 bridgehead atoms. The Labute approximate surface area is 108 Å². The fraction of sp³-hybridized carbons (Fsp3) is 0.571. The molecule has 1 aromatic rings. The summed E-state index contributed by atoms with van der Waals surface area (Å²) in [7, 11) is 0. The topological polar surface area (TPSA) is 69.7 Å². The lowest BCUT2D eigenvalue weighted by molar-refractivity contribution is 0.133. The predicted octanol–water partition coefficient (Wildman–Crippen LogP) is 1.83. The number of rotatable bonds is 3. The summed E-state index contributed by atoms with van der Waals surface area (Å²) in [5.74, 6) is 0.819. The number of benzene rings is 1. The summed E-state index contributed by atoms with van der Waals surface area (Å²) in [6.07, 6.45) is 2.35. The van der Waals surface area contributed by atoms with E-state index in [0.29, 0.717) is 5.92 Å². The molecule has 1 aliphatic heterocycles. The number of phenols is 2. The highest BCUT2D eigenvalue weighted by atomic mass is 16.3. The van der Waals surface area contributed by atoms with Crippen molar-refractivity contribution in [3.05, 3.63) is 23.8 Å². The van der Waals surface area contributed by atoms with Crippen LogP contribution >= 0.6 is 0 Å². The molecule has 100 valence electrons. The van der Waals surface area contributed by atoms with E-state index in [1.807, 2.05) is 0 Å². The summed E-state index contributed by atoms with van der Waals surface area (Å²) in [5, 5.41) is 19.2.